The second-order valence-electron chi connectivity index (χ2n) is 6.26. The Kier molecular flexibility index (Phi) is 4.12. The van der Waals surface area contributed by atoms with Crippen LogP contribution < -0.4 is 4.74 Å². The summed E-state index contributed by atoms with van der Waals surface area (Å²) < 4.78 is 5.98. The van der Waals surface area contributed by atoms with Crippen molar-refractivity contribution in [2.75, 3.05) is 0 Å². The van der Waals surface area contributed by atoms with E-state index in [9.17, 15) is 4.79 Å². The molecule has 0 saturated carbocycles. The van der Waals surface area contributed by atoms with E-state index in [2.05, 4.69) is 37.9 Å². The fraction of sp³-hybridized carbons (Fsp3) is 0.333. The van der Waals surface area contributed by atoms with E-state index in [4.69, 9.17) is 4.74 Å². The van der Waals surface area contributed by atoms with Crippen molar-refractivity contribution < 1.29 is 9.53 Å². The average Bonchev–Trinajstić information content (AvgIpc) is 2.37. The number of benzene rings is 1. The number of nitrogens with zero attached hydrogens (tertiary/aromatic N) is 1. The van der Waals surface area contributed by atoms with Gasteiger partial charge in [-0.3, -0.25) is 4.79 Å². The number of pyridine rings is 1. The van der Waals surface area contributed by atoms with Crippen molar-refractivity contribution in [2.24, 2.45) is 0 Å². The maximum atomic E-state index is 11.7. The van der Waals surface area contributed by atoms with Crippen molar-refractivity contribution in [2.45, 2.75) is 40.0 Å². The summed E-state index contributed by atoms with van der Waals surface area (Å²) in [7, 11) is 0. The second-order valence-corrected chi connectivity index (χ2v) is 6.26. The molecule has 110 valence electrons. The van der Waals surface area contributed by atoms with E-state index in [-0.39, 0.29) is 11.2 Å². The first-order chi connectivity index (χ1) is 9.79. The summed E-state index contributed by atoms with van der Waals surface area (Å²) >= 11 is 0. The van der Waals surface area contributed by atoms with E-state index >= 15 is 0 Å². The third kappa shape index (κ3) is 3.48. The van der Waals surface area contributed by atoms with Crippen molar-refractivity contribution in [1.29, 1.82) is 0 Å². The molecule has 21 heavy (non-hydrogen) atoms. The summed E-state index contributed by atoms with van der Waals surface area (Å²) in [6, 6.07) is 9.60. The van der Waals surface area contributed by atoms with Crippen LogP contribution in [0.3, 0.4) is 0 Å². The summed E-state index contributed by atoms with van der Waals surface area (Å²) in [5.41, 5.74) is 2.65. The largest absolute Gasteiger partial charge is 0.438 e. The van der Waals surface area contributed by atoms with Crippen LogP contribution in [0.2, 0.25) is 0 Å². The van der Waals surface area contributed by atoms with Crippen molar-refractivity contribution in [3.63, 3.8) is 0 Å². The first-order valence-corrected chi connectivity index (χ1v) is 7.04. The highest BCUT2D eigenvalue weighted by atomic mass is 16.5. The Labute approximate surface area is 126 Å². The highest BCUT2D eigenvalue weighted by Crippen LogP contribution is 2.35. The molecule has 1 aromatic heterocycles. The van der Waals surface area contributed by atoms with Gasteiger partial charge in [0.1, 0.15) is 5.75 Å². The minimum atomic E-state index is -0.0527. The summed E-state index contributed by atoms with van der Waals surface area (Å²) in [6.45, 7) is 9.94. The lowest BCUT2D eigenvalue weighted by atomic mass is 9.86. The topological polar surface area (TPSA) is 39.2 Å². The van der Waals surface area contributed by atoms with E-state index in [1.807, 2.05) is 13.0 Å². The van der Waals surface area contributed by atoms with Crippen LogP contribution in [0, 0.1) is 6.92 Å². The smallest absolute Gasteiger partial charge is 0.230 e. The van der Waals surface area contributed by atoms with Crippen LogP contribution in [-0.4, -0.2) is 10.8 Å². The standard InChI is InChI=1S/C18H21NO2/c1-12-8-9-15(18(3,4)5)16(11-12)21-17-14(13(2)20)7-6-10-19-17/h6-11H,1-5H3. The zero-order valence-corrected chi connectivity index (χ0v) is 13.2. The van der Waals surface area contributed by atoms with Gasteiger partial charge in [0.05, 0.1) is 5.56 Å². The molecule has 1 heterocycles. The number of Topliss-reactive ketones (excluding diaryl/α,β-unsaturated/α-hetero) is 1. The van der Waals surface area contributed by atoms with E-state index < -0.39 is 0 Å². The molecule has 1 aromatic carbocycles. The van der Waals surface area contributed by atoms with Gasteiger partial charge in [-0.25, -0.2) is 4.98 Å². The van der Waals surface area contributed by atoms with Gasteiger partial charge in [-0.15, -0.1) is 0 Å². The molecule has 0 radical (unpaired) electrons. The number of rotatable bonds is 3. The predicted molar refractivity (Wildman–Crippen MR) is 84.2 cm³/mol. The number of ether oxygens (including phenoxy) is 1. The molecular formula is C18H21NO2. The second kappa shape index (κ2) is 5.68. The summed E-state index contributed by atoms with van der Waals surface area (Å²) in [4.78, 5) is 15.9. The minimum absolute atomic E-state index is 0.0474. The monoisotopic (exact) mass is 283 g/mol. The molecular weight excluding hydrogens is 262 g/mol. The summed E-state index contributed by atoms with van der Waals surface area (Å²) in [5.74, 6) is 1.06. The Hall–Kier alpha value is -2.16. The third-order valence-electron chi connectivity index (χ3n) is 3.30. The quantitative estimate of drug-likeness (QED) is 0.768. The van der Waals surface area contributed by atoms with Crippen LogP contribution in [-0.2, 0) is 5.41 Å². The van der Waals surface area contributed by atoms with Crippen molar-refractivity contribution in [3.05, 3.63) is 53.2 Å². The number of hydrogen-bond donors (Lipinski definition) is 0. The highest BCUT2D eigenvalue weighted by molar-refractivity contribution is 5.96. The van der Waals surface area contributed by atoms with Gasteiger partial charge in [0.2, 0.25) is 5.88 Å². The zero-order valence-electron chi connectivity index (χ0n) is 13.2. The van der Waals surface area contributed by atoms with Crippen LogP contribution in [0.1, 0.15) is 49.2 Å². The molecule has 2 aromatic rings. The average molecular weight is 283 g/mol. The molecule has 0 atom stereocenters. The van der Waals surface area contributed by atoms with Gasteiger partial charge in [0.25, 0.3) is 0 Å². The van der Waals surface area contributed by atoms with Crippen LogP contribution in [0.5, 0.6) is 11.6 Å². The molecule has 2 rings (SSSR count). The molecule has 0 saturated heterocycles. The molecule has 0 unspecified atom stereocenters. The lowest BCUT2D eigenvalue weighted by molar-refractivity contribution is 0.101. The molecule has 0 amide bonds. The van der Waals surface area contributed by atoms with Gasteiger partial charge in [-0.2, -0.15) is 0 Å². The van der Waals surface area contributed by atoms with Gasteiger partial charge in [0.15, 0.2) is 5.78 Å². The first kappa shape index (κ1) is 15.2. The number of carbonyl (C=O) groups is 1. The molecule has 0 fully saturated rings. The van der Waals surface area contributed by atoms with Crippen LogP contribution >= 0.6 is 0 Å². The zero-order chi connectivity index (χ0) is 15.6. The van der Waals surface area contributed by atoms with Gasteiger partial charge < -0.3 is 4.74 Å². The Morgan fingerprint density at radius 3 is 2.52 bits per heavy atom. The first-order valence-electron chi connectivity index (χ1n) is 7.04. The predicted octanol–water partition coefficient (Wildman–Crippen LogP) is 4.68. The molecule has 0 aliphatic carbocycles. The van der Waals surface area contributed by atoms with Gasteiger partial charge in [-0.1, -0.05) is 32.9 Å². The van der Waals surface area contributed by atoms with Gasteiger partial charge in [0, 0.05) is 11.8 Å². The Balaban J connectivity index is 2.49. The van der Waals surface area contributed by atoms with Crippen molar-refractivity contribution in [1.82, 2.24) is 4.98 Å². The molecule has 3 nitrogen and oxygen atoms in total. The summed E-state index contributed by atoms with van der Waals surface area (Å²) in [6.07, 6.45) is 1.63. The molecule has 0 aliphatic heterocycles. The number of carbonyl (C=O) groups excluding carboxylic acids is 1. The molecule has 0 bridgehead atoms. The Bertz CT molecular complexity index is 669. The fourth-order valence-electron chi connectivity index (χ4n) is 2.18. The summed E-state index contributed by atoms with van der Waals surface area (Å²) in [5, 5.41) is 0. The molecule has 0 spiro atoms. The van der Waals surface area contributed by atoms with Gasteiger partial charge >= 0.3 is 0 Å². The molecule has 0 aliphatic rings. The SMILES string of the molecule is CC(=O)c1cccnc1Oc1cc(C)ccc1C(C)(C)C. The maximum Gasteiger partial charge on any atom is 0.230 e. The number of aryl methyl sites for hydroxylation is 1. The lowest BCUT2D eigenvalue weighted by Gasteiger charge is -2.23. The fourth-order valence-corrected chi connectivity index (χ4v) is 2.18. The van der Waals surface area contributed by atoms with Crippen molar-refractivity contribution in [3.8, 4) is 11.6 Å². The van der Waals surface area contributed by atoms with Crippen molar-refractivity contribution >= 4 is 5.78 Å². The van der Waals surface area contributed by atoms with Crippen LogP contribution in [0.4, 0.5) is 0 Å². The molecule has 3 heteroatoms. The number of hydrogen-bond acceptors (Lipinski definition) is 3. The number of ketones is 1. The lowest BCUT2D eigenvalue weighted by Crippen LogP contribution is -2.13. The van der Waals surface area contributed by atoms with E-state index in [1.54, 1.807) is 18.3 Å². The normalized spacial score (nSPS) is 11.3. The maximum absolute atomic E-state index is 11.7. The van der Waals surface area contributed by atoms with Crippen LogP contribution in [0.25, 0.3) is 0 Å². The molecule has 0 N–H and O–H groups in total. The Morgan fingerprint density at radius 1 is 1.19 bits per heavy atom. The van der Waals surface area contributed by atoms with Crippen LogP contribution in [0.15, 0.2) is 36.5 Å². The van der Waals surface area contributed by atoms with E-state index in [0.717, 1.165) is 16.9 Å². The number of aromatic nitrogens is 1. The highest BCUT2D eigenvalue weighted by Gasteiger charge is 2.20. The minimum Gasteiger partial charge on any atom is -0.438 e. The Morgan fingerprint density at radius 2 is 1.90 bits per heavy atom. The van der Waals surface area contributed by atoms with E-state index in [1.165, 1.54) is 6.92 Å². The van der Waals surface area contributed by atoms with E-state index in [0.29, 0.717) is 11.4 Å². The third-order valence-corrected chi connectivity index (χ3v) is 3.30. The van der Waals surface area contributed by atoms with Gasteiger partial charge in [-0.05, 0) is 43.0 Å².